The highest BCUT2D eigenvalue weighted by Gasteiger charge is 2.49. The molecule has 0 radical (unpaired) electrons. The standard InChI is InChI=1S/C81H55N/c1-7-27-58(28-8-1)79(59-29-9-2-10-30-59)75-45-24-21-42-69(75)72-53-57(46-51-76(72)79)56-26-25-39-64(52-56)82(65-47-49-70-67-40-19-22-43-73(67)80(77(70)54-65,60-31-11-3-12-32-60)61-33-13-4-14-34-61)66-48-50-71-68-41-20-23-44-74(68)81(78(71)55-66,62-35-15-5-16-36-62)63-37-17-6-18-38-63/h1-55H. The molecule has 0 unspecified atom stereocenters. The Balaban J connectivity index is 0.938. The van der Waals surface area contributed by atoms with E-state index in [4.69, 9.17) is 0 Å². The third kappa shape index (κ3) is 6.81. The van der Waals surface area contributed by atoms with E-state index in [1.165, 1.54) is 106 Å². The largest absolute Gasteiger partial charge is 0.310 e. The molecule has 0 bridgehead atoms. The molecule has 0 saturated carbocycles. The average molecular weight is 1040 g/mol. The van der Waals surface area contributed by atoms with Gasteiger partial charge in [-0.3, -0.25) is 0 Å². The zero-order valence-corrected chi connectivity index (χ0v) is 45.2. The van der Waals surface area contributed by atoms with Crippen molar-refractivity contribution in [3.8, 4) is 44.5 Å². The summed E-state index contributed by atoms with van der Waals surface area (Å²) in [4.78, 5) is 2.52. The fourth-order valence-corrected chi connectivity index (χ4v) is 15.0. The summed E-state index contributed by atoms with van der Waals surface area (Å²) < 4.78 is 0. The highest BCUT2D eigenvalue weighted by atomic mass is 15.1. The molecule has 13 aromatic carbocycles. The van der Waals surface area contributed by atoms with Gasteiger partial charge in [0.05, 0.1) is 16.2 Å². The molecule has 82 heavy (non-hydrogen) atoms. The second-order valence-corrected chi connectivity index (χ2v) is 22.2. The van der Waals surface area contributed by atoms with Crippen LogP contribution in [0.25, 0.3) is 44.5 Å². The molecule has 0 heterocycles. The van der Waals surface area contributed by atoms with Gasteiger partial charge in [-0.25, -0.2) is 0 Å². The lowest BCUT2D eigenvalue weighted by molar-refractivity contribution is 0.767. The lowest BCUT2D eigenvalue weighted by Gasteiger charge is -2.36. The second kappa shape index (κ2) is 18.9. The van der Waals surface area contributed by atoms with Crippen LogP contribution in [0.15, 0.2) is 334 Å². The highest BCUT2D eigenvalue weighted by Crippen LogP contribution is 2.61. The van der Waals surface area contributed by atoms with Crippen LogP contribution in [-0.4, -0.2) is 0 Å². The molecule has 0 saturated heterocycles. The Morgan fingerprint density at radius 1 is 0.171 bits per heavy atom. The summed E-state index contributed by atoms with van der Waals surface area (Å²) in [6.07, 6.45) is 0. The fraction of sp³-hybridized carbons (Fsp3) is 0.0370. The van der Waals surface area contributed by atoms with Crippen molar-refractivity contribution in [2.75, 3.05) is 4.90 Å². The SMILES string of the molecule is c1ccc(C2(c3ccccc3)c3ccccc3-c3cc(-c4cccc(N(c5ccc6c(c5)C(c5ccccc5)(c5ccccc5)c5ccccc5-6)c5ccc6c(c5)C(c5ccccc5)(c5ccccc5)c5ccccc5-6)c4)ccc32)cc1. The van der Waals surface area contributed by atoms with Gasteiger partial charge in [-0.05, 0) is 154 Å². The van der Waals surface area contributed by atoms with Crippen molar-refractivity contribution in [2.45, 2.75) is 16.2 Å². The maximum absolute atomic E-state index is 2.52. The van der Waals surface area contributed by atoms with E-state index in [1.54, 1.807) is 0 Å². The van der Waals surface area contributed by atoms with Gasteiger partial charge < -0.3 is 4.90 Å². The third-order valence-corrected chi connectivity index (χ3v) is 18.3. The minimum absolute atomic E-state index is 0.477. The maximum atomic E-state index is 2.52. The summed E-state index contributed by atoms with van der Waals surface area (Å²) in [7, 11) is 0. The van der Waals surface area contributed by atoms with Gasteiger partial charge in [0.25, 0.3) is 0 Å². The molecule has 0 aromatic heterocycles. The molecular weight excluding hydrogens is 987 g/mol. The first-order valence-corrected chi connectivity index (χ1v) is 28.7. The van der Waals surface area contributed by atoms with Gasteiger partial charge in [-0.2, -0.15) is 0 Å². The van der Waals surface area contributed by atoms with Crippen LogP contribution >= 0.6 is 0 Å². The Hall–Kier alpha value is -10.3. The number of hydrogen-bond acceptors (Lipinski definition) is 1. The van der Waals surface area contributed by atoms with Gasteiger partial charge in [0, 0.05) is 17.1 Å². The van der Waals surface area contributed by atoms with Crippen LogP contribution in [0.2, 0.25) is 0 Å². The van der Waals surface area contributed by atoms with E-state index in [-0.39, 0.29) is 0 Å². The zero-order chi connectivity index (χ0) is 54.2. The number of benzene rings is 13. The summed E-state index contributed by atoms with van der Waals surface area (Å²) in [6.45, 7) is 0. The number of hydrogen-bond donors (Lipinski definition) is 0. The van der Waals surface area contributed by atoms with Crippen molar-refractivity contribution >= 4 is 17.1 Å². The molecule has 16 rings (SSSR count). The van der Waals surface area contributed by atoms with E-state index in [1.807, 2.05) is 0 Å². The van der Waals surface area contributed by atoms with Crippen LogP contribution in [0.5, 0.6) is 0 Å². The fourth-order valence-electron chi connectivity index (χ4n) is 15.0. The first kappa shape index (κ1) is 47.6. The first-order chi connectivity index (χ1) is 40.7. The monoisotopic (exact) mass is 1040 g/mol. The molecule has 0 spiro atoms. The molecule has 0 atom stereocenters. The molecule has 0 amide bonds. The Bertz CT molecular complexity index is 4250. The minimum Gasteiger partial charge on any atom is -0.310 e. The predicted octanol–water partition coefficient (Wildman–Crippen LogP) is 19.9. The number of anilines is 3. The minimum atomic E-state index is -0.581. The quantitative estimate of drug-likeness (QED) is 0.132. The Labute approximate surface area is 480 Å². The summed E-state index contributed by atoms with van der Waals surface area (Å²) in [5.41, 5.74) is 26.7. The summed E-state index contributed by atoms with van der Waals surface area (Å²) in [6, 6.07) is 125. The lowest BCUT2D eigenvalue weighted by Crippen LogP contribution is -2.29. The molecular formula is C81H55N. The number of nitrogens with zero attached hydrogens (tertiary/aromatic N) is 1. The molecule has 3 aliphatic carbocycles. The van der Waals surface area contributed by atoms with Gasteiger partial charge in [0.2, 0.25) is 0 Å². The van der Waals surface area contributed by atoms with Crippen LogP contribution in [-0.2, 0) is 16.2 Å². The van der Waals surface area contributed by atoms with E-state index < -0.39 is 16.2 Å². The second-order valence-electron chi connectivity index (χ2n) is 22.2. The number of rotatable bonds is 10. The zero-order valence-electron chi connectivity index (χ0n) is 45.2. The molecule has 1 heteroatoms. The average Bonchev–Trinajstić information content (AvgIpc) is 4.32. The molecule has 1 nitrogen and oxygen atoms in total. The Morgan fingerprint density at radius 3 is 0.854 bits per heavy atom. The van der Waals surface area contributed by atoms with Crippen LogP contribution < -0.4 is 4.90 Å². The van der Waals surface area contributed by atoms with Crippen LogP contribution in [0.4, 0.5) is 17.1 Å². The Morgan fingerprint density at radius 2 is 0.463 bits per heavy atom. The van der Waals surface area contributed by atoms with Crippen molar-refractivity contribution in [1.29, 1.82) is 0 Å². The van der Waals surface area contributed by atoms with Gasteiger partial charge in [0.1, 0.15) is 0 Å². The highest BCUT2D eigenvalue weighted by molar-refractivity contribution is 5.94. The molecule has 3 aliphatic rings. The summed E-state index contributed by atoms with van der Waals surface area (Å²) >= 11 is 0. The molecule has 384 valence electrons. The van der Waals surface area contributed by atoms with Gasteiger partial charge in [-0.15, -0.1) is 0 Å². The maximum Gasteiger partial charge on any atom is 0.0714 e. The summed E-state index contributed by atoms with van der Waals surface area (Å²) in [5.74, 6) is 0. The van der Waals surface area contributed by atoms with E-state index in [0.29, 0.717) is 0 Å². The van der Waals surface area contributed by atoms with E-state index >= 15 is 0 Å². The molecule has 0 fully saturated rings. The third-order valence-electron chi connectivity index (χ3n) is 18.3. The summed E-state index contributed by atoms with van der Waals surface area (Å²) in [5, 5.41) is 0. The van der Waals surface area contributed by atoms with Gasteiger partial charge in [0.15, 0.2) is 0 Å². The Kier molecular flexibility index (Phi) is 11.0. The van der Waals surface area contributed by atoms with Gasteiger partial charge >= 0.3 is 0 Å². The van der Waals surface area contributed by atoms with Crippen LogP contribution in [0.3, 0.4) is 0 Å². The smallest absolute Gasteiger partial charge is 0.0714 e. The van der Waals surface area contributed by atoms with E-state index in [2.05, 4.69) is 339 Å². The lowest BCUT2D eigenvalue weighted by atomic mass is 9.67. The normalized spacial score (nSPS) is 14.1. The topological polar surface area (TPSA) is 3.24 Å². The van der Waals surface area contributed by atoms with Crippen molar-refractivity contribution in [1.82, 2.24) is 0 Å². The van der Waals surface area contributed by atoms with Crippen molar-refractivity contribution in [3.05, 3.63) is 400 Å². The number of fused-ring (bicyclic) bond motifs is 9. The van der Waals surface area contributed by atoms with Crippen molar-refractivity contribution in [2.24, 2.45) is 0 Å². The predicted molar refractivity (Wildman–Crippen MR) is 338 cm³/mol. The van der Waals surface area contributed by atoms with E-state index in [9.17, 15) is 0 Å². The van der Waals surface area contributed by atoms with Crippen LogP contribution in [0.1, 0.15) is 66.8 Å². The van der Waals surface area contributed by atoms with Crippen molar-refractivity contribution in [3.63, 3.8) is 0 Å². The molecule has 13 aromatic rings. The van der Waals surface area contributed by atoms with Gasteiger partial charge in [-0.1, -0.05) is 291 Å². The molecule has 0 N–H and O–H groups in total. The van der Waals surface area contributed by atoms with Crippen LogP contribution in [0, 0.1) is 0 Å². The molecule has 0 aliphatic heterocycles. The van der Waals surface area contributed by atoms with Crippen molar-refractivity contribution < 1.29 is 0 Å². The first-order valence-electron chi connectivity index (χ1n) is 28.7. The van der Waals surface area contributed by atoms with E-state index in [0.717, 1.165) is 22.6 Å².